The SMILES string of the molecule is CC1(C)OB(C(=Cc2ccc(F)c3ccccc23)CO)OC1(C)C. The van der Waals surface area contributed by atoms with Gasteiger partial charge in [-0.05, 0) is 50.2 Å². The van der Waals surface area contributed by atoms with Crippen LogP contribution in [0.15, 0.2) is 41.9 Å². The van der Waals surface area contributed by atoms with Crippen LogP contribution in [0.2, 0.25) is 0 Å². The Kier molecular flexibility index (Phi) is 4.28. The molecule has 1 fully saturated rings. The van der Waals surface area contributed by atoms with Crippen LogP contribution < -0.4 is 0 Å². The number of hydrogen-bond donors (Lipinski definition) is 1. The zero-order valence-electron chi connectivity index (χ0n) is 14.5. The molecule has 0 saturated carbocycles. The van der Waals surface area contributed by atoms with Gasteiger partial charge in [0.15, 0.2) is 0 Å². The topological polar surface area (TPSA) is 38.7 Å². The molecule has 0 spiro atoms. The molecule has 1 aliphatic heterocycles. The Morgan fingerprint density at radius 1 is 1.04 bits per heavy atom. The van der Waals surface area contributed by atoms with Gasteiger partial charge in [0.2, 0.25) is 0 Å². The standard InChI is InChI=1S/C19H22BFO3/c1-18(2)19(3,4)24-20(23-18)14(12-22)11-13-9-10-17(21)16-8-6-5-7-15(13)16/h5-11,22H,12H2,1-4H3. The molecule has 0 aliphatic carbocycles. The molecule has 0 aromatic heterocycles. The maximum absolute atomic E-state index is 14.0. The van der Waals surface area contributed by atoms with Crippen molar-refractivity contribution in [2.24, 2.45) is 0 Å². The van der Waals surface area contributed by atoms with Gasteiger partial charge in [-0.15, -0.1) is 0 Å². The molecule has 0 unspecified atom stereocenters. The van der Waals surface area contributed by atoms with E-state index in [2.05, 4.69) is 0 Å². The van der Waals surface area contributed by atoms with E-state index in [-0.39, 0.29) is 12.4 Å². The number of fused-ring (bicyclic) bond motifs is 1. The Labute approximate surface area is 142 Å². The Balaban J connectivity index is 2.03. The Hall–Kier alpha value is -1.69. The summed E-state index contributed by atoms with van der Waals surface area (Å²) in [6.07, 6.45) is 1.82. The summed E-state index contributed by atoms with van der Waals surface area (Å²) in [5, 5.41) is 11.2. The van der Waals surface area contributed by atoms with E-state index in [9.17, 15) is 9.50 Å². The first kappa shape index (κ1) is 17.1. The molecule has 126 valence electrons. The largest absolute Gasteiger partial charge is 0.492 e. The molecule has 1 heterocycles. The van der Waals surface area contributed by atoms with Crippen molar-refractivity contribution in [3.05, 3.63) is 53.3 Å². The summed E-state index contributed by atoms with van der Waals surface area (Å²) in [4.78, 5) is 0. The van der Waals surface area contributed by atoms with Crippen molar-refractivity contribution in [1.29, 1.82) is 0 Å². The summed E-state index contributed by atoms with van der Waals surface area (Å²) >= 11 is 0. The van der Waals surface area contributed by atoms with Gasteiger partial charge in [-0.25, -0.2) is 4.39 Å². The number of aliphatic hydroxyl groups is 1. The van der Waals surface area contributed by atoms with Gasteiger partial charge < -0.3 is 14.4 Å². The average Bonchev–Trinajstić information content (AvgIpc) is 2.75. The fraction of sp³-hybridized carbons (Fsp3) is 0.368. The highest BCUT2D eigenvalue weighted by Gasteiger charge is 2.52. The van der Waals surface area contributed by atoms with Crippen LogP contribution in [0.3, 0.4) is 0 Å². The summed E-state index contributed by atoms with van der Waals surface area (Å²) in [6.45, 7) is 7.68. The average molecular weight is 328 g/mol. The number of aliphatic hydroxyl groups excluding tert-OH is 1. The molecule has 2 aromatic carbocycles. The lowest BCUT2D eigenvalue weighted by Gasteiger charge is -2.32. The molecular formula is C19H22BFO3. The van der Waals surface area contributed by atoms with Gasteiger partial charge in [0.25, 0.3) is 0 Å². The quantitative estimate of drug-likeness (QED) is 0.866. The maximum atomic E-state index is 14.0. The van der Waals surface area contributed by atoms with Gasteiger partial charge in [0.05, 0.1) is 17.8 Å². The van der Waals surface area contributed by atoms with Crippen molar-refractivity contribution in [2.75, 3.05) is 6.61 Å². The smallest absolute Gasteiger partial charge is 0.400 e. The molecule has 1 aliphatic rings. The van der Waals surface area contributed by atoms with Crippen LogP contribution in [0.4, 0.5) is 4.39 Å². The van der Waals surface area contributed by atoms with Crippen molar-refractivity contribution in [3.8, 4) is 0 Å². The van der Waals surface area contributed by atoms with Crippen molar-refractivity contribution in [3.63, 3.8) is 0 Å². The number of hydrogen-bond acceptors (Lipinski definition) is 3. The lowest BCUT2D eigenvalue weighted by atomic mass is 9.77. The molecule has 0 radical (unpaired) electrons. The highest BCUT2D eigenvalue weighted by atomic mass is 19.1. The first-order valence-corrected chi connectivity index (χ1v) is 8.09. The van der Waals surface area contributed by atoms with Crippen LogP contribution in [-0.4, -0.2) is 30.0 Å². The monoisotopic (exact) mass is 328 g/mol. The molecule has 3 rings (SSSR count). The van der Waals surface area contributed by atoms with E-state index in [1.807, 2.05) is 45.9 Å². The van der Waals surface area contributed by atoms with Gasteiger partial charge >= 0.3 is 7.12 Å². The van der Waals surface area contributed by atoms with Crippen LogP contribution >= 0.6 is 0 Å². The molecule has 1 N–H and O–H groups in total. The van der Waals surface area contributed by atoms with Gasteiger partial charge in [-0.2, -0.15) is 0 Å². The second kappa shape index (κ2) is 5.99. The van der Waals surface area contributed by atoms with Gasteiger partial charge in [0.1, 0.15) is 5.82 Å². The van der Waals surface area contributed by atoms with Crippen LogP contribution in [0.1, 0.15) is 33.3 Å². The molecular weight excluding hydrogens is 306 g/mol. The number of halogens is 1. The molecule has 24 heavy (non-hydrogen) atoms. The van der Waals surface area contributed by atoms with Crippen LogP contribution in [0, 0.1) is 5.82 Å². The van der Waals surface area contributed by atoms with E-state index in [1.165, 1.54) is 6.07 Å². The summed E-state index contributed by atoms with van der Waals surface area (Å²) in [6, 6.07) is 10.4. The van der Waals surface area contributed by atoms with Crippen molar-refractivity contribution in [2.45, 2.75) is 38.9 Å². The minimum Gasteiger partial charge on any atom is -0.400 e. The predicted octanol–water partition coefficient (Wildman–Crippen LogP) is 3.99. The van der Waals surface area contributed by atoms with Gasteiger partial charge in [-0.3, -0.25) is 0 Å². The fourth-order valence-electron chi connectivity index (χ4n) is 2.79. The lowest BCUT2D eigenvalue weighted by Crippen LogP contribution is -2.41. The molecule has 5 heteroatoms. The second-order valence-corrected chi connectivity index (χ2v) is 7.15. The highest BCUT2D eigenvalue weighted by molar-refractivity contribution is 6.55. The zero-order chi connectivity index (χ0) is 17.5. The molecule has 0 atom stereocenters. The predicted molar refractivity (Wildman–Crippen MR) is 95.1 cm³/mol. The maximum Gasteiger partial charge on any atom is 0.492 e. The van der Waals surface area contributed by atoms with Crippen LogP contribution in [0.25, 0.3) is 16.8 Å². The molecule has 0 amide bonds. The number of benzene rings is 2. The van der Waals surface area contributed by atoms with Crippen LogP contribution in [-0.2, 0) is 9.31 Å². The van der Waals surface area contributed by atoms with Gasteiger partial charge in [0, 0.05) is 5.39 Å². The van der Waals surface area contributed by atoms with Crippen molar-refractivity contribution >= 4 is 24.0 Å². The lowest BCUT2D eigenvalue weighted by molar-refractivity contribution is 0.00578. The van der Waals surface area contributed by atoms with E-state index in [1.54, 1.807) is 18.2 Å². The Morgan fingerprint density at radius 2 is 1.62 bits per heavy atom. The molecule has 2 aromatic rings. The molecule has 1 saturated heterocycles. The second-order valence-electron chi connectivity index (χ2n) is 7.15. The van der Waals surface area contributed by atoms with E-state index in [4.69, 9.17) is 9.31 Å². The Morgan fingerprint density at radius 3 is 2.21 bits per heavy atom. The van der Waals surface area contributed by atoms with E-state index >= 15 is 0 Å². The molecule has 0 bridgehead atoms. The summed E-state index contributed by atoms with van der Waals surface area (Å²) in [7, 11) is -0.621. The molecule has 3 nitrogen and oxygen atoms in total. The minimum absolute atomic E-state index is 0.192. The summed E-state index contributed by atoms with van der Waals surface area (Å²) in [5.41, 5.74) is 0.490. The van der Waals surface area contributed by atoms with E-state index in [0.717, 1.165) is 10.9 Å². The summed E-state index contributed by atoms with van der Waals surface area (Å²) in [5.74, 6) is -0.260. The number of rotatable bonds is 3. The minimum atomic E-state index is -0.621. The first-order valence-electron chi connectivity index (χ1n) is 8.09. The highest BCUT2D eigenvalue weighted by Crippen LogP contribution is 2.39. The third-order valence-corrected chi connectivity index (χ3v) is 4.98. The van der Waals surface area contributed by atoms with Crippen LogP contribution in [0.5, 0.6) is 0 Å². The zero-order valence-corrected chi connectivity index (χ0v) is 14.5. The third-order valence-electron chi connectivity index (χ3n) is 4.98. The third kappa shape index (κ3) is 2.88. The van der Waals surface area contributed by atoms with Crippen molar-refractivity contribution < 1.29 is 18.8 Å². The summed E-state index contributed by atoms with van der Waals surface area (Å²) < 4.78 is 26.0. The fourth-order valence-corrected chi connectivity index (χ4v) is 2.79. The van der Waals surface area contributed by atoms with E-state index < -0.39 is 18.3 Å². The van der Waals surface area contributed by atoms with Crippen molar-refractivity contribution in [1.82, 2.24) is 0 Å². The van der Waals surface area contributed by atoms with E-state index in [0.29, 0.717) is 10.9 Å². The van der Waals surface area contributed by atoms with Gasteiger partial charge in [-0.1, -0.05) is 36.4 Å². The normalized spacial score (nSPS) is 19.9. The Bertz CT molecular complexity index is 782. The first-order chi connectivity index (χ1) is 11.2.